The van der Waals surface area contributed by atoms with E-state index in [1.54, 1.807) is 0 Å². The van der Waals surface area contributed by atoms with Crippen molar-refractivity contribution in [3.8, 4) is 0 Å². The molecule has 3 atom stereocenters. The third-order valence-corrected chi connectivity index (χ3v) is 7.14. The molecule has 0 spiro atoms. The summed E-state index contributed by atoms with van der Waals surface area (Å²) in [6.07, 6.45) is 17.3. The highest BCUT2D eigenvalue weighted by Gasteiger charge is 2.47. The number of aliphatic hydroxyl groups is 1. The smallest absolute Gasteiger partial charge is 0.118 e. The fraction of sp³-hybridized carbons (Fsp3) is 1.00. The number of rotatable bonds is 13. The summed E-state index contributed by atoms with van der Waals surface area (Å²) in [6.45, 7) is 10.3. The monoisotopic (exact) mass is 447 g/mol. The van der Waals surface area contributed by atoms with Crippen molar-refractivity contribution in [3.05, 3.63) is 0 Å². The predicted molar refractivity (Wildman–Crippen MR) is 115 cm³/mol. The van der Waals surface area contributed by atoms with Crippen LogP contribution in [0.1, 0.15) is 111 Å². The molecule has 0 bridgehead atoms. The molecule has 0 heterocycles. The van der Waals surface area contributed by atoms with Gasteiger partial charge in [0.2, 0.25) is 0 Å². The van der Waals surface area contributed by atoms with Crippen LogP contribution in [0, 0.1) is 11.8 Å². The van der Waals surface area contributed by atoms with Crippen LogP contribution >= 0.6 is 0 Å². The number of likely N-dealkylation sites (N-methyl/N-ethyl adjacent to an activating group) is 1. The molecule has 0 aromatic carbocycles. The molecule has 3 heteroatoms. The molecule has 0 aliphatic heterocycles. The number of quaternary nitrogens is 1. The highest BCUT2D eigenvalue weighted by atomic mass is 79.9. The van der Waals surface area contributed by atoms with Gasteiger partial charge in [-0.05, 0) is 44.4 Å². The van der Waals surface area contributed by atoms with Crippen molar-refractivity contribution >= 4 is 0 Å². The van der Waals surface area contributed by atoms with Crippen LogP contribution in [0.3, 0.4) is 0 Å². The summed E-state index contributed by atoms with van der Waals surface area (Å²) in [7, 11) is 4.71. The number of hydrogen-bond donors (Lipinski definition) is 1. The molecule has 0 aromatic heterocycles. The van der Waals surface area contributed by atoms with Gasteiger partial charge in [-0.15, -0.1) is 0 Å². The Kier molecular flexibility index (Phi) is 13.8. The number of halogens is 1. The lowest BCUT2D eigenvalue weighted by molar-refractivity contribution is -0.924. The molecule has 0 amide bonds. The molecule has 27 heavy (non-hydrogen) atoms. The first-order valence-corrected chi connectivity index (χ1v) is 11.8. The Labute approximate surface area is 181 Å². The van der Waals surface area contributed by atoms with Gasteiger partial charge in [-0.3, -0.25) is 0 Å². The van der Waals surface area contributed by atoms with E-state index in [1.807, 2.05) is 0 Å². The predicted octanol–water partition coefficient (Wildman–Crippen LogP) is 3.56. The second kappa shape index (κ2) is 13.6. The Morgan fingerprint density at radius 2 is 1.41 bits per heavy atom. The van der Waals surface area contributed by atoms with Gasteiger partial charge in [0.15, 0.2) is 0 Å². The van der Waals surface area contributed by atoms with Crippen molar-refractivity contribution in [3.63, 3.8) is 0 Å². The summed E-state index contributed by atoms with van der Waals surface area (Å²) >= 11 is 0. The fourth-order valence-electron chi connectivity index (χ4n) is 5.11. The molecule has 1 fully saturated rings. The van der Waals surface area contributed by atoms with Crippen LogP contribution < -0.4 is 17.0 Å². The molecule has 1 N–H and O–H groups in total. The molecule has 3 unspecified atom stereocenters. The minimum atomic E-state index is -0.493. The number of hydrogen-bond acceptors (Lipinski definition) is 1. The van der Waals surface area contributed by atoms with Crippen molar-refractivity contribution in [2.24, 2.45) is 11.8 Å². The van der Waals surface area contributed by atoms with Gasteiger partial charge < -0.3 is 26.6 Å². The third-order valence-electron chi connectivity index (χ3n) is 7.14. The van der Waals surface area contributed by atoms with E-state index in [1.165, 1.54) is 83.6 Å². The van der Waals surface area contributed by atoms with E-state index in [4.69, 9.17) is 0 Å². The lowest BCUT2D eigenvalue weighted by Gasteiger charge is -2.50. The maximum absolute atomic E-state index is 11.0. The summed E-state index contributed by atoms with van der Waals surface area (Å²) < 4.78 is 0.993. The van der Waals surface area contributed by atoms with Crippen LogP contribution in [0.2, 0.25) is 0 Å². The van der Waals surface area contributed by atoms with E-state index < -0.39 is 5.60 Å². The maximum atomic E-state index is 11.0. The Morgan fingerprint density at radius 3 is 1.89 bits per heavy atom. The zero-order chi connectivity index (χ0) is 19.6. The Bertz CT molecular complexity index is 367. The first-order valence-electron chi connectivity index (χ1n) is 11.8. The lowest BCUT2D eigenvalue weighted by Crippen LogP contribution is -3.00. The molecule has 1 rings (SSSR count). The first kappa shape index (κ1) is 27.4. The quantitative estimate of drug-likeness (QED) is 0.337. The molecule has 0 aromatic rings. The molecule has 0 saturated heterocycles. The van der Waals surface area contributed by atoms with E-state index in [9.17, 15) is 5.11 Å². The van der Waals surface area contributed by atoms with Crippen LogP contribution in [0.5, 0.6) is 0 Å². The van der Waals surface area contributed by atoms with Gasteiger partial charge in [0.05, 0.1) is 20.6 Å². The SMILES string of the molecule is CCCCCCCCCCCC[N+](C)(C)C1CC(C(C)C)CCC1(C)O.[Br-]. The second-order valence-electron chi connectivity index (χ2n) is 10.3. The topological polar surface area (TPSA) is 20.2 Å². The highest BCUT2D eigenvalue weighted by molar-refractivity contribution is 4.91. The zero-order valence-corrected chi connectivity index (χ0v) is 21.0. The van der Waals surface area contributed by atoms with Crippen molar-refractivity contribution in [1.29, 1.82) is 0 Å². The molecular formula is C24H50BrNO. The maximum Gasteiger partial charge on any atom is 0.118 e. The summed E-state index contributed by atoms with van der Waals surface area (Å²) in [5.74, 6) is 1.52. The molecule has 1 aliphatic carbocycles. The largest absolute Gasteiger partial charge is 1.00 e. The number of nitrogens with zero attached hydrogens (tertiary/aromatic N) is 1. The van der Waals surface area contributed by atoms with Gasteiger partial charge in [-0.25, -0.2) is 0 Å². The van der Waals surface area contributed by atoms with Gasteiger partial charge in [0, 0.05) is 6.42 Å². The van der Waals surface area contributed by atoms with Crippen molar-refractivity contribution < 1.29 is 26.6 Å². The zero-order valence-electron chi connectivity index (χ0n) is 19.4. The van der Waals surface area contributed by atoms with Gasteiger partial charge in [0.25, 0.3) is 0 Å². The second-order valence-corrected chi connectivity index (χ2v) is 10.3. The van der Waals surface area contributed by atoms with Gasteiger partial charge in [-0.2, -0.15) is 0 Å². The van der Waals surface area contributed by atoms with Gasteiger partial charge in [0.1, 0.15) is 11.6 Å². The Morgan fingerprint density at radius 1 is 0.926 bits per heavy atom. The highest BCUT2D eigenvalue weighted by Crippen LogP contribution is 2.40. The van der Waals surface area contributed by atoms with Crippen LogP contribution in [0.4, 0.5) is 0 Å². The van der Waals surface area contributed by atoms with E-state index in [-0.39, 0.29) is 17.0 Å². The van der Waals surface area contributed by atoms with Crippen LogP contribution in [-0.2, 0) is 0 Å². The van der Waals surface area contributed by atoms with Crippen molar-refractivity contribution in [1.82, 2.24) is 0 Å². The fourth-order valence-corrected chi connectivity index (χ4v) is 5.11. The van der Waals surface area contributed by atoms with E-state index in [2.05, 4.69) is 41.8 Å². The molecule has 2 nitrogen and oxygen atoms in total. The lowest BCUT2D eigenvalue weighted by atomic mass is 9.71. The summed E-state index contributed by atoms with van der Waals surface area (Å²) in [4.78, 5) is 0. The average Bonchev–Trinajstić information content (AvgIpc) is 2.55. The van der Waals surface area contributed by atoms with Gasteiger partial charge in [-0.1, -0.05) is 72.1 Å². The van der Waals surface area contributed by atoms with E-state index in [0.717, 1.165) is 22.7 Å². The molecule has 1 saturated carbocycles. The van der Waals surface area contributed by atoms with Gasteiger partial charge >= 0.3 is 0 Å². The first-order chi connectivity index (χ1) is 12.2. The molecule has 0 radical (unpaired) electrons. The van der Waals surface area contributed by atoms with E-state index in [0.29, 0.717) is 6.04 Å². The van der Waals surface area contributed by atoms with Crippen LogP contribution in [0.15, 0.2) is 0 Å². The van der Waals surface area contributed by atoms with Crippen LogP contribution in [-0.4, -0.2) is 41.9 Å². The normalized spacial score (nSPS) is 26.2. The standard InChI is InChI=1S/C24H50NO.BrH/c1-7-8-9-10-11-12-13-14-15-16-19-25(5,6)23-20-22(21(2)3)17-18-24(23,4)26;/h21-23,26H,7-20H2,1-6H3;1H/q+1;/p-1. The Balaban J connectivity index is 0.00000676. The summed E-state index contributed by atoms with van der Waals surface area (Å²) in [6, 6.07) is 0.391. The van der Waals surface area contributed by atoms with Crippen molar-refractivity contribution in [2.75, 3.05) is 20.6 Å². The summed E-state index contributed by atoms with van der Waals surface area (Å²) in [5.41, 5.74) is -0.493. The van der Waals surface area contributed by atoms with E-state index >= 15 is 0 Å². The number of unbranched alkanes of at least 4 members (excludes halogenated alkanes) is 9. The summed E-state index contributed by atoms with van der Waals surface area (Å²) in [5, 5.41) is 11.0. The van der Waals surface area contributed by atoms with Crippen molar-refractivity contribution in [2.45, 2.75) is 123 Å². The molecular weight excluding hydrogens is 398 g/mol. The molecule has 1 aliphatic rings. The average molecular weight is 449 g/mol. The Hall–Kier alpha value is 0.400. The minimum absolute atomic E-state index is 0. The minimum Gasteiger partial charge on any atom is -1.00 e. The molecule has 164 valence electrons. The third kappa shape index (κ3) is 10.1. The van der Waals surface area contributed by atoms with Crippen LogP contribution in [0.25, 0.3) is 0 Å².